The molecule has 0 saturated carbocycles. The van der Waals surface area contributed by atoms with Crippen LogP contribution in [-0.4, -0.2) is 50.7 Å². The van der Waals surface area contributed by atoms with Crippen LogP contribution in [0.2, 0.25) is 0 Å². The van der Waals surface area contributed by atoms with E-state index in [0.717, 1.165) is 24.1 Å². The number of amides is 1. The first-order valence-corrected chi connectivity index (χ1v) is 11.5. The number of hydrogen-bond acceptors (Lipinski definition) is 7. The Bertz CT molecular complexity index is 1170. The van der Waals surface area contributed by atoms with E-state index in [1.807, 2.05) is 35.2 Å². The molecule has 2 aliphatic rings. The lowest BCUT2D eigenvalue weighted by Gasteiger charge is -2.30. The Kier molecular flexibility index (Phi) is 6.30. The molecule has 0 aliphatic carbocycles. The molecule has 0 unspecified atom stereocenters. The summed E-state index contributed by atoms with van der Waals surface area (Å²) in [6.07, 6.45) is 3.95. The van der Waals surface area contributed by atoms with Crippen molar-refractivity contribution in [1.82, 2.24) is 25.1 Å². The number of ether oxygens (including phenoxy) is 1. The number of H-pyrrole nitrogens is 1. The van der Waals surface area contributed by atoms with Crippen LogP contribution in [0.4, 0.5) is 0 Å². The summed E-state index contributed by atoms with van der Waals surface area (Å²) >= 11 is 0. The summed E-state index contributed by atoms with van der Waals surface area (Å²) in [6, 6.07) is 9.73. The van der Waals surface area contributed by atoms with Gasteiger partial charge in [-0.1, -0.05) is 18.2 Å². The average Bonchev–Trinajstić information content (AvgIpc) is 3.35. The summed E-state index contributed by atoms with van der Waals surface area (Å²) in [5.41, 5.74) is 2.23. The molecular formula is C24H27N5O4. The minimum Gasteiger partial charge on any atom is -0.420 e. The van der Waals surface area contributed by atoms with Crippen LogP contribution in [0.1, 0.15) is 54.6 Å². The molecule has 9 heteroatoms. The van der Waals surface area contributed by atoms with E-state index in [4.69, 9.17) is 9.15 Å². The second-order valence-electron chi connectivity index (χ2n) is 8.56. The van der Waals surface area contributed by atoms with Gasteiger partial charge in [-0.25, -0.2) is 4.98 Å². The van der Waals surface area contributed by atoms with Gasteiger partial charge >= 0.3 is 0 Å². The van der Waals surface area contributed by atoms with Gasteiger partial charge < -0.3 is 19.0 Å². The maximum Gasteiger partial charge on any atom is 0.256 e. The van der Waals surface area contributed by atoms with Crippen molar-refractivity contribution in [2.24, 2.45) is 0 Å². The molecule has 2 aromatic heterocycles. The first-order valence-electron chi connectivity index (χ1n) is 11.5. The zero-order valence-corrected chi connectivity index (χ0v) is 18.5. The standard InChI is InChI=1S/C24H27N5O4/c30-21(8-4-7-20-25-19-11-14-32-15-18(19)22(31)26-20)29-12-9-17(10-13-29)24-28-27-23(33-24)16-5-2-1-3-6-16/h1-3,5-6,17H,4,7-15H2,(H,25,26,31). The molecule has 1 amide bonds. The minimum atomic E-state index is -0.125. The maximum absolute atomic E-state index is 12.7. The van der Waals surface area contributed by atoms with Crippen molar-refractivity contribution >= 4 is 5.91 Å². The summed E-state index contributed by atoms with van der Waals surface area (Å²) in [7, 11) is 0. The smallest absolute Gasteiger partial charge is 0.256 e. The first kappa shape index (κ1) is 21.5. The number of benzene rings is 1. The van der Waals surface area contributed by atoms with Crippen LogP contribution in [0.5, 0.6) is 0 Å². The van der Waals surface area contributed by atoms with Crippen molar-refractivity contribution < 1.29 is 13.9 Å². The van der Waals surface area contributed by atoms with Crippen molar-refractivity contribution in [3.05, 3.63) is 63.7 Å². The monoisotopic (exact) mass is 449 g/mol. The van der Waals surface area contributed by atoms with Crippen LogP contribution >= 0.6 is 0 Å². The molecule has 33 heavy (non-hydrogen) atoms. The third-order valence-electron chi connectivity index (χ3n) is 6.34. The van der Waals surface area contributed by atoms with Crippen LogP contribution in [0.15, 0.2) is 39.5 Å². The number of nitrogens with one attached hydrogen (secondary N) is 1. The van der Waals surface area contributed by atoms with E-state index in [0.29, 0.717) is 75.2 Å². The molecule has 0 bridgehead atoms. The Morgan fingerprint density at radius 3 is 2.79 bits per heavy atom. The number of rotatable bonds is 6. The molecule has 3 aromatic rings. The number of aryl methyl sites for hydroxylation is 1. The number of aromatic nitrogens is 4. The highest BCUT2D eigenvalue weighted by atomic mass is 16.5. The Morgan fingerprint density at radius 1 is 1.15 bits per heavy atom. The number of likely N-dealkylation sites (tertiary alicyclic amines) is 1. The van der Waals surface area contributed by atoms with Gasteiger partial charge in [0.2, 0.25) is 17.7 Å². The highest BCUT2D eigenvalue weighted by Gasteiger charge is 2.27. The fourth-order valence-electron chi connectivity index (χ4n) is 4.45. The fourth-order valence-corrected chi connectivity index (χ4v) is 4.45. The van der Waals surface area contributed by atoms with E-state index in [2.05, 4.69) is 20.2 Å². The molecule has 1 N–H and O–H groups in total. The number of piperidine rings is 1. The Balaban J connectivity index is 1.10. The summed E-state index contributed by atoms with van der Waals surface area (Å²) in [5.74, 6) is 2.14. The molecule has 172 valence electrons. The van der Waals surface area contributed by atoms with E-state index in [-0.39, 0.29) is 17.4 Å². The molecule has 1 aromatic carbocycles. The van der Waals surface area contributed by atoms with Gasteiger partial charge in [0.1, 0.15) is 5.82 Å². The van der Waals surface area contributed by atoms with Gasteiger partial charge in [-0.3, -0.25) is 9.59 Å². The van der Waals surface area contributed by atoms with Gasteiger partial charge in [-0.15, -0.1) is 10.2 Å². The minimum absolute atomic E-state index is 0.125. The number of carbonyl (C=O) groups excluding carboxylic acids is 1. The summed E-state index contributed by atoms with van der Waals surface area (Å²) < 4.78 is 11.2. The highest BCUT2D eigenvalue weighted by molar-refractivity contribution is 5.76. The zero-order valence-electron chi connectivity index (χ0n) is 18.5. The van der Waals surface area contributed by atoms with Gasteiger partial charge in [-0.2, -0.15) is 0 Å². The van der Waals surface area contributed by atoms with Gasteiger partial charge in [0.25, 0.3) is 5.56 Å². The Labute approximate surface area is 191 Å². The van der Waals surface area contributed by atoms with Crippen LogP contribution < -0.4 is 5.56 Å². The third-order valence-corrected chi connectivity index (χ3v) is 6.34. The molecule has 4 heterocycles. The Morgan fingerprint density at radius 2 is 1.97 bits per heavy atom. The van der Waals surface area contributed by atoms with Gasteiger partial charge in [0, 0.05) is 43.8 Å². The third kappa shape index (κ3) is 4.88. The number of nitrogens with zero attached hydrogens (tertiary/aromatic N) is 4. The molecule has 5 rings (SSSR count). The molecule has 1 saturated heterocycles. The van der Waals surface area contributed by atoms with Crippen LogP contribution in [0.25, 0.3) is 11.5 Å². The van der Waals surface area contributed by atoms with Crippen LogP contribution in [0, 0.1) is 0 Å². The SMILES string of the molecule is O=C(CCCc1nc2c(c(=O)[nH]1)COCC2)N1CCC(c2nnc(-c3ccccc3)o2)CC1. The molecule has 0 radical (unpaired) electrons. The lowest BCUT2D eigenvalue weighted by Crippen LogP contribution is -2.37. The van der Waals surface area contributed by atoms with Crippen LogP contribution in [-0.2, 0) is 29.0 Å². The summed E-state index contributed by atoms with van der Waals surface area (Å²) in [6.45, 7) is 2.28. The summed E-state index contributed by atoms with van der Waals surface area (Å²) in [5, 5.41) is 8.43. The predicted octanol–water partition coefficient (Wildman–Crippen LogP) is 2.62. The van der Waals surface area contributed by atoms with Crippen molar-refractivity contribution in [2.75, 3.05) is 19.7 Å². The largest absolute Gasteiger partial charge is 0.420 e. The number of fused-ring (bicyclic) bond motifs is 1. The lowest BCUT2D eigenvalue weighted by molar-refractivity contribution is -0.132. The quantitative estimate of drug-likeness (QED) is 0.615. The first-order chi connectivity index (χ1) is 16.2. The Hall–Kier alpha value is -3.33. The molecule has 1 fully saturated rings. The maximum atomic E-state index is 12.7. The highest BCUT2D eigenvalue weighted by Crippen LogP contribution is 2.29. The second kappa shape index (κ2) is 9.66. The molecular weight excluding hydrogens is 422 g/mol. The number of hydrogen-bond donors (Lipinski definition) is 1. The van der Waals surface area contributed by atoms with E-state index >= 15 is 0 Å². The van der Waals surface area contributed by atoms with Crippen molar-refractivity contribution in [1.29, 1.82) is 0 Å². The van der Waals surface area contributed by atoms with E-state index < -0.39 is 0 Å². The van der Waals surface area contributed by atoms with Crippen LogP contribution in [0.3, 0.4) is 0 Å². The summed E-state index contributed by atoms with van der Waals surface area (Å²) in [4.78, 5) is 34.2. The number of aromatic amines is 1. The molecule has 0 atom stereocenters. The normalized spacial score (nSPS) is 16.5. The number of carbonyl (C=O) groups is 1. The zero-order chi connectivity index (χ0) is 22.6. The van der Waals surface area contributed by atoms with E-state index in [1.54, 1.807) is 0 Å². The second-order valence-corrected chi connectivity index (χ2v) is 8.56. The fraction of sp³-hybridized carbons (Fsp3) is 0.458. The predicted molar refractivity (Wildman–Crippen MR) is 119 cm³/mol. The van der Waals surface area contributed by atoms with Gasteiger partial charge in [0.15, 0.2) is 0 Å². The van der Waals surface area contributed by atoms with Crippen molar-refractivity contribution in [2.45, 2.75) is 51.0 Å². The van der Waals surface area contributed by atoms with Crippen molar-refractivity contribution in [3.8, 4) is 11.5 Å². The van der Waals surface area contributed by atoms with Gasteiger partial charge in [-0.05, 0) is 31.4 Å². The molecule has 2 aliphatic heterocycles. The average molecular weight is 450 g/mol. The van der Waals surface area contributed by atoms with E-state index in [1.165, 1.54) is 0 Å². The van der Waals surface area contributed by atoms with E-state index in [9.17, 15) is 9.59 Å². The van der Waals surface area contributed by atoms with Crippen molar-refractivity contribution in [3.63, 3.8) is 0 Å². The lowest BCUT2D eigenvalue weighted by atomic mass is 9.96. The van der Waals surface area contributed by atoms with Gasteiger partial charge in [0.05, 0.1) is 24.5 Å². The molecule has 0 spiro atoms. The molecule has 9 nitrogen and oxygen atoms in total. The topological polar surface area (TPSA) is 114 Å².